The Balaban J connectivity index is 1.20. The molecule has 0 saturated carbocycles. The van der Waals surface area contributed by atoms with Gasteiger partial charge in [0.1, 0.15) is 15.5 Å². The van der Waals surface area contributed by atoms with Gasteiger partial charge in [0.25, 0.3) is 11.5 Å². The number of hydrogen-bond donors (Lipinski definition) is 0. The van der Waals surface area contributed by atoms with E-state index in [1.54, 1.807) is 16.4 Å². The minimum atomic E-state index is -0.558. The molecule has 0 spiro atoms. The summed E-state index contributed by atoms with van der Waals surface area (Å²) in [5.74, 6) is 0.636. The molecular formula is C27H31N3O4S. The van der Waals surface area contributed by atoms with Crippen molar-refractivity contribution < 1.29 is 14.3 Å². The van der Waals surface area contributed by atoms with Crippen LogP contribution in [-0.4, -0.2) is 46.0 Å². The van der Waals surface area contributed by atoms with Gasteiger partial charge in [-0.25, -0.2) is 9.78 Å². The molecule has 1 saturated heterocycles. The highest BCUT2D eigenvalue weighted by atomic mass is 32.1. The summed E-state index contributed by atoms with van der Waals surface area (Å²) in [6.45, 7) is 3.52. The van der Waals surface area contributed by atoms with Gasteiger partial charge in [0, 0.05) is 26.1 Å². The first-order chi connectivity index (χ1) is 17.0. The second kappa shape index (κ2) is 10.3. The number of rotatable bonds is 5. The maximum absolute atomic E-state index is 13.1. The Hall–Kier alpha value is -3.00. The molecule has 5 rings (SSSR count). The van der Waals surface area contributed by atoms with Crippen LogP contribution in [0.1, 0.15) is 58.7 Å². The van der Waals surface area contributed by atoms with Gasteiger partial charge in [0.05, 0.1) is 5.39 Å². The second-order valence-corrected chi connectivity index (χ2v) is 10.6. The van der Waals surface area contributed by atoms with Crippen molar-refractivity contribution in [1.29, 1.82) is 0 Å². The molecule has 4 heterocycles. The van der Waals surface area contributed by atoms with E-state index in [9.17, 15) is 14.4 Å². The first-order valence-corrected chi connectivity index (χ1v) is 13.3. The van der Waals surface area contributed by atoms with Crippen LogP contribution in [0.25, 0.3) is 10.2 Å². The predicted octanol–water partition coefficient (Wildman–Crippen LogP) is 4.13. The Bertz CT molecular complexity index is 1290. The lowest BCUT2D eigenvalue weighted by Gasteiger charge is -2.32. The van der Waals surface area contributed by atoms with Gasteiger partial charge in [-0.1, -0.05) is 36.8 Å². The van der Waals surface area contributed by atoms with Crippen LogP contribution in [0.15, 0.2) is 35.1 Å². The molecule has 1 aromatic carbocycles. The average Bonchev–Trinajstić information content (AvgIpc) is 3.03. The van der Waals surface area contributed by atoms with Crippen molar-refractivity contribution in [1.82, 2.24) is 14.5 Å². The molecule has 8 heteroatoms. The summed E-state index contributed by atoms with van der Waals surface area (Å²) < 4.78 is 7.16. The number of aromatic nitrogens is 2. The van der Waals surface area contributed by atoms with Gasteiger partial charge in [-0.05, 0) is 56.1 Å². The molecule has 0 radical (unpaired) electrons. The van der Waals surface area contributed by atoms with Crippen LogP contribution in [0.5, 0.6) is 0 Å². The standard InChI is InChI=1S/C27H31N3O4S/c1-18-23-25(28-21-10-6-3-7-13-30(21)26(23)32)35-24(18)27(33)34-17-22(31)29-14-11-20(12-15-29)16-19-8-4-2-5-9-19/h2,4-5,8-9,20H,3,6-7,10-17H2,1H3. The van der Waals surface area contributed by atoms with Gasteiger partial charge < -0.3 is 9.64 Å². The lowest BCUT2D eigenvalue weighted by molar-refractivity contribution is -0.135. The molecule has 7 nitrogen and oxygen atoms in total. The highest BCUT2D eigenvalue weighted by Crippen LogP contribution is 2.29. The zero-order valence-corrected chi connectivity index (χ0v) is 20.9. The van der Waals surface area contributed by atoms with Gasteiger partial charge in [0.15, 0.2) is 6.61 Å². The number of piperidine rings is 1. The van der Waals surface area contributed by atoms with E-state index in [4.69, 9.17) is 9.72 Å². The summed E-state index contributed by atoms with van der Waals surface area (Å²) in [5, 5.41) is 0.499. The highest BCUT2D eigenvalue weighted by Gasteiger charge is 2.26. The minimum absolute atomic E-state index is 0.0749. The van der Waals surface area contributed by atoms with Crippen molar-refractivity contribution in [3.8, 4) is 0 Å². The van der Waals surface area contributed by atoms with Crippen LogP contribution in [-0.2, 0) is 28.9 Å². The van der Waals surface area contributed by atoms with E-state index >= 15 is 0 Å². The van der Waals surface area contributed by atoms with E-state index < -0.39 is 5.97 Å². The van der Waals surface area contributed by atoms with Gasteiger partial charge in [-0.2, -0.15) is 0 Å². The Labute approximate surface area is 208 Å². The number of likely N-dealkylation sites (tertiary alicyclic amines) is 1. The number of ether oxygens (including phenoxy) is 1. The number of esters is 1. The number of carbonyl (C=O) groups excluding carboxylic acids is 2. The van der Waals surface area contributed by atoms with Crippen LogP contribution in [0.3, 0.4) is 0 Å². The summed E-state index contributed by atoms with van der Waals surface area (Å²) in [6, 6.07) is 10.4. The summed E-state index contributed by atoms with van der Waals surface area (Å²) >= 11 is 1.19. The van der Waals surface area contributed by atoms with Crippen molar-refractivity contribution in [3.63, 3.8) is 0 Å². The van der Waals surface area contributed by atoms with Crippen LogP contribution >= 0.6 is 11.3 Å². The molecule has 0 N–H and O–H groups in total. The maximum Gasteiger partial charge on any atom is 0.349 e. The van der Waals surface area contributed by atoms with E-state index in [2.05, 4.69) is 24.3 Å². The van der Waals surface area contributed by atoms with E-state index in [0.29, 0.717) is 46.2 Å². The third kappa shape index (κ3) is 5.03. The van der Waals surface area contributed by atoms with E-state index in [1.807, 2.05) is 6.07 Å². The quantitative estimate of drug-likeness (QED) is 0.499. The van der Waals surface area contributed by atoms with Crippen LogP contribution in [0.2, 0.25) is 0 Å². The molecular weight excluding hydrogens is 462 g/mol. The van der Waals surface area contributed by atoms with Crippen molar-refractivity contribution >= 4 is 33.4 Å². The number of aryl methyl sites for hydroxylation is 2. The molecule has 2 aliphatic heterocycles. The molecule has 2 aliphatic rings. The largest absolute Gasteiger partial charge is 0.451 e. The molecule has 184 valence electrons. The lowest BCUT2D eigenvalue weighted by Crippen LogP contribution is -2.41. The molecule has 3 aromatic rings. The van der Waals surface area contributed by atoms with Crippen LogP contribution in [0.4, 0.5) is 0 Å². The van der Waals surface area contributed by atoms with Crippen molar-refractivity contribution in [2.75, 3.05) is 19.7 Å². The van der Waals surface area contributed by atoms with E-state index in [0.717, 1.165) is 50.8 Å². The monoisotopic (exact) mass is 493 g/mol. The molecule has 35 heavy (non-hydrogen) atoms. The molecule has 0 unspecified atom stereocenters. The molecule has 0 aliphatic carbocycles. The zero-order valence-electron chi connectivity index (χ0n) is 20.1. The van der Waals surface area contributed by atoms with Crippen molar-refractivity contribution in [3.05, 3.63) is 62.5 Å². The number of nitrogens with zero attached hydrogens (tertiary/aromatic N) is 3. The first-order valence-electron chi connectivity index (χ1n) is 12.5. The SMILES string of the molecule is Cc1c(C(=O)OCC(=O)N2CCC(Cc3ccccc3)CC2)sc2nc3n(c(=O)c12)CCCCC3. The number of fused-ring (bicyclic) bond motifs is 2. The fourth-order valence-corrected chi connectivity index (χ4v) is 6.31. The van der Waals surface area contributed by atoms with Gasteiger partial charge in [-0.15, -0.1) is 11.3 Å². The van der Waals surface area contributed by atoms with Gasteiger partial charge >= 0.3 is 5.97 Å². The van der Waals surface area contributed by atoms with Crippen LogP contribution in [0, 0.1) is 12.8 Å². The normalized spacial score (nSPS) is 16.7. The predicted molar refractivity (Wildman–Crippen MR) is 136 cm³/mol. The maximum atomic E-state index is 13.1. The van der Waals surface area contributed by atoms with Crippen molar-refractivity contribution in [2.24, 2.45) is 5.92 Å². The lowest BCUT2D eigenvalue weighted by atomic mass is 9.90. The minimum Gasteiger partial charge on any atom is -0.451 e. The molecule has 2 aromatic heterocycles. The number of benzene rings is 1. The first kappa shape index (κ1) is 23.7. The Morgan fingerprint density at radius 1 is 1.09 bits per heavy atom. The Morgan fingerprint density at radius 3 is 2.63 bits per heavy atom. The topological polar surface area (TPSA) is 81.5 Å². The third-order valence-electron chi connectivity index (χ3n) is 7.26. The Morgan fingerprint density at radius 2 is 1.86 bits per heavy atom. The summed E-state index contributed by atoms with van der Waals surface area (Å²) in [4.78, 5) is 46.1. The van der Waals surface area contributed by atoms with E-state index in [1.165, 1.54) is 16.9 Å². The van der Waals surface area contributed by atoms with Crippen LogP contribution < -0.4 is 5.56 Å². The second-order valence-electron chi connectivity index (χ2n) is 9.62. The fourth-order valence-electron chi connectivity index (χ4n) is 5.22. The Kier molecular flexibility index (Phi) is 7.00. The molecule has 0 bridgehead atoms. The van der Waals surface area contributed by atoms with Gasteiger partial charge in [-0.3, -0.25) is 14.2 Å². The third-order valence-corrected chi connectivity index (χ3v) is 8.42. The number of hydrogen-bond acceptors (Lipinski definition) is 6. The number of thiophene rings is 1. The number of carbonyl (C=O) groups is 2. The smallest absolute Gasteiger partial charge is 0.349 e. The fraction of sp³-hybridized carbons (Fsp3) is 0.481. The van der Waals surface area contributed by atoms with Gasteiger partial charge in [0.2, 0.25) is 0 Å². The summed E-state index contributed by atoms with van der Waals surface area (Å²) in [7, 11) is 0. The number of amides is 1. The summed E-state index contributed by atoms with van der Waals surface area (Å²) in [6.07, 6.45) is 6.77. The molecule has 1 fully saturated rings. The summed E-state index contributed by atoms with van der Waals surface area (Å²) in [5.41, 5.74) is 1.85. The zero-order chi connectivity index (χ0) is 24.4. The average molecular weight is 494 g/mol. The van der Waals surface area contributed by atoms with E-state index in [-0.39, 0.29) is 18.1 Å². The van der Waals surface area contributed by atoms with Crippen molar-refractivity contribution in [2.45, 2.75) is 58.4 Å². The molecule has 0 atom stereocenters. The molecule has 1 amide bonds. The highest BCUT2D eigenvalue weighted by molar-refractivity contribution is 7.20.